The zero-order valence-electron chi connectivity index (χ0n) is 15.9. The summed E-state index contributed by atoms with van der Waals surface area (Å²) in [6, 6.07) is 0.618. The topological polar surface area (TPSA) is 70.2 Å². The van der Waals surface area contributed by atoms with E-state index < -0.39 is 0 Å². The minimum absolute atomic E-state index is 0.129. The van der Waals surface area contributed by atoms with Gasteiger partial charge in [-0.05, 0) is 59.4 Å². The van der Waals surface area contributed by atoms with Crippen molar-refractivity contribution in [1.82, 2.24) is 25.5 Å². The standard InChI is InChI=1S/C19H31N5O/c1-18(2)9-15(10-19(3,4)23-18)24-8-5-14(13-24)11-22-17(25)16-12-20-6-7-21-16/h6-7,12,14-15,23H,5,8-11,13H2,1-4H3,(H,22,25). The van der Waals surface area contributed by atoms with Gasteiger partial charge < -0.3 is 10.6 Å². The lowest BCUT2D eigenvalue weighted by atomic mass is 9.79. The summed E-state index contributed by atoms with van der Waals surface area (Å²) in [4.78, 5) is 22.7. The minimum Gasteiger partial charge on any atom is -0.350 e. The first kappa shape index (κ1) is 18.3. The first-order valence-electron chi connectivity index (χ1n) is 9.32. The van der Waals surface area contributed by atoms with Gasteiger partial charge in [0.05, 0.1) is 6.20 Å². The van der Waals surface area contributed by atoms with Crippen LogP contribution in [0.25, 0.3) is 0 Å². The highest BCUT2D eigenvalue weighted by atomic mass is 16.1. The van der Waals surface area contributed by atoms with Crippen molar-refractivity contribution in [3.05, 3.63) is 24.3 Å². The molecule has 0 radical (unpaired) electrons. The highest BCUT2D eigenvalue weighted by Gasteiger charge is 2.41. The molecule has 1 aromatic heterocycles. The van der Waals surface area contributed by atoms with E-state index in [4.69, 9.17) is 0 Å². The maximum absolute atomic E-state index is 12.1. The van der Waals surface area contributed by atoms with Crippen LogP contribution in [-0.2, 0) is 0 Å². The number of piperidine rings is 1. The lowest BCUT2D eigenvalue weighted by molar-refractivity contribution is 0.0781. The summed E-state index contributed by atoms with van der Waals surface area (Å²) in [5.74, 6) is 0.386. The van der Waals surface area contributed by atoms with Crippen LogP contribution in [0.1, 0.15) is 57.4 Å². The summed E-state index contributed by atoms with van der Waals surface area (Å²) < 4.78 is 0. The number of carbonyl (C=O) groups excluding carboxylic acids is 1. The molecule has 3 heterocycles. The number of aromatic nitrogens is 2. The molecule has 6 nitrogen and oxygen atoms in total. The van der Waals surface area contributed by atoms with Crippen LogP contribution in [-0.4, -0.2) is 57.5 Å². The Bertz CT molecular complexity index is 585. The van der Waals surface area contributed by atoms with Crippen molar-refractivity contribution >= 4 is 5.91 Å². The fraction of sp³-hybridized carbons (Fsp3) is 0.737. The van der Waals surface area contributed by atoms with Crippen LogP contribution in [0.5, 0.6) is 0 Å². The number of nitrogens with zero attached hydrogens (tertiary/aromatic N) is 3. The van der Waals surface area contributed by atoms with Gasteiger partial charge in [0.2, 0.25) is 0 Å². The van der Waals surface area contributed by atoms with E-state index in [-0.39, 0.29) is 17.0 Å². The van der Waals surface area contributed by atoms with Gasteiger partial charge in [0.15, 0.2) is 0 Å². The average Bonchev–Trinajstić information content (AvgIpc) is 2.99. The maximum Gasteiger partial charge on any atom is 0.271 e. The third kappa shape index (κ3) is 4.76. The smallest absolute Gasteiger partial charge is 0.271 e. The number of rotatable bonds is 4. The number of nitrogens with one attached hydrogen (secondary N) is 2. The van der Waals surface area contributed by atoms with Crippen LogP contribution in [0, 0.1) is 5.92 Å². The number of carbonyl (C=O) groups is 1. The van der Waals surface area contributed by atoms with Gasteiger partial charge in [-0.1, -0.05) is 0 Å². The molecule has 1 unspecified atom stereocenters. The average molecular weight is 345 g/mol. The van der Waals surface area contributed by atoms with E-state index in [9.17, 15) is 4.79 Å². The molecular weight excluding hydrogens is 314 g/mol. The van der Waals surface area contributed by atoms with Crippen LogP contribution < -0.4 is 10.6 Å². The number of hydrogen-bond donors (Lipinski definition) is 2. The molecule has 2 N–H and O–H groups in total. The molecule has 1 atom stereocenters. The zero-order valence-corrected chi connectivity index (χ0v) is 15.9. The van der Waals surface area contributed by atoms with Gasteiger partial charge in [-0.3, -0.25) is 14.7 Å². The van der Waals surface area contributed by atoms with Crippen molar-refractivity contribution < 1.29 is 4.79 Å². The predicted molar refractivity (Wildman–Crippen MR) is 98.4 cm³/mol. The Morgan fingerprint density at radius 2 is 2.00 bits per heavy atom. The molecule has 0 bridgehead atoms. The lowest BCUT2D eigenvalue weighted by Crippen LogP contribution is -2.62. The largest absolute Gasteiger partial charge is 0.350 e. The summed E-state index contributed by atoms with van der Waals surface area (Å²) in [6.45, 7) is 12.1. The SMILES string of the molecule is CC1(C)CC(N2CCC(CNC(=O)c3cnccn3)C2)CC(C)(C)N1. The molecule has 6 heteroatoms. The van der Waals surface area contributed by atoms with E-state index in [0.717, 1.165) is 19.5 Å². The zero-order chi connectivity index (χ0) is 18.1. The second-order valence-electron chi connectivity index (χ2n) is 8.91. The molecule has 138 valence electrons. The van der Waals surface area contributed by atoms with Crippen molar-refractivity contribution in [2.75, 3.05) is 19.6 Å². The van der Waals surface area contributed by atoms with E-state index in [2.05, 4.69) is 53.2 Å². The van der Waals surface area contributed by atoms with Crippen LogP contribution in [0.15, 0.2) is 18.6 Å². The minimum atomic E-state index is -0.129. The second-order valence-corrected chi connectivity index (χ2v) is 8.91. The molecule has 0 aliphatic carbocycles. The lowest BCUT2D eigenvalue weighted by Gasteiger charge is -2.49. The van der Waals surface area contributed by atoms with Crippen LogP contribution in [0.3, 0.4) is 0 Å². The highest BCUT2D eigenvalue weighted by molar-refractivity contribution is 5.91. The molecule has 3 rings (SSSR count). The summed E-state index contributed by atoms with van der Waals surface area (Å²) in [7, 11) is 0. The molecule has 2 fully saturated rings. The summed E-state index contributed by atoms with van der Waals surface area (Å²) in [5.41, 5.74) is 0.731. The van der Waals surface area contributed by atoms with Crippen LogP contribution in [0.2, 0.25) is 0 Å². The first-order chi connectivity index (χ1) is 11.7. The van der Waals surface area contributed by atoms with Gasteiger partial charge in [-0.15, -0.1) is 0 Å². The van der Waals surface area contributed by atoms with Gasteiger partial charge in [-0.2, -0.15) is 0 Å². The molecule has 0 aromatic carbocycles. The molecule has 0 spiro atoms. The molecule has 1 aromatic rings. The van der Waals surface area contributed by atoms with Crippen molar-refractivity contribution in [2.45, 2.75) is 64.1 Å². The molecule has 2 saturated heterocycles. The fourth-order valence-electron chi connectivity index (χ4n) is 4.63. The van der Waals surface area contributed by atoms with Gasteiger partial charge in [0.1, 0.15) is 5.69 Å². The first-order valence-corrected chi connectivity index (χ1v) is 9.32. The maximum atomic E-state index is 12.1. The van der Waals surface area contributed by atoms with Crippen molar-refractivity contribution in [1.29, 1.82) is 0 Å². The van der Waals surface area contributed by atoms with E-state index >= 15 is 0 Å². The molecule has 0 saturated carbocycles. The predicted octanol–water partition coefficient (Wildman–Crippen LogP) is 1.84. The Kier molecular flexibility index (Phi) is 5.11. The Morgan fingerprint density at radius 1 is 1.28 bits per heavy atom. The van der Waals surface area contributed by atoms with E-state index in [1.807, 2.05) is 0 Å². The van der Waals surface area contributed by atoms with Crippen LogP contribution >= 0.6 is 0 Å². The van der Waals surface area contributed by atoms with Crippen molar-refractivity contribution in [3.8, 4) is 0 Å². The van der Waals surface area contributed by atoms with Gasteiger partial charge in [-0.25, -0.2) is 4.98 Å². The number of likely N-dealkylation sites (tertiary alicyclic amines) is 1. The van der Waals surface area contributed by atoms with Crippen molar-refractivity contribution in [3.63, 3.8) is 0 Å². The highest BCUT2D eigenvalue weighted by Crippen LogP contribution is 2.33. The van der Waals surface area contributed by atoms with Crippen molar-refractivity contribution in [2.24, 2.45) is 5.92 Å². The van der Waals surface area contributed by atoms with E-state index in [0.29, 0.717) is 24.2 Å². The van der Waals surface area contributed by atoms with Gasteiger partial charge >= 0.3 is 0 Å². The Labute approximate surface area is 150 Å². The number of amides is 1. The molecule has 25 heavy (non-hydrogen) atoms. The normalized spacial score (nSPS) is 26.5. The van der Waals surface area contributed by atoms with Gasteiger partial charge in [0.25, 0.3) is 5.91 Å². The monoisotopic (exact) mass is 345 g/mol. The third-order valence-corrected chi connectivity index (χ3v) is 5.35. The Morgan fingerprint density at radius 3 is 2.64 bits per heavy atom. The number of hydrogen-bond acceptors (Lipinski definition) is 5. The summed E-state index contributed by atoms with van der Waals surface area (Å²) in [6.07, 6.45) is 8.13. The van der Waals surface area contributed by atoms with Gasteiger partial charge in [0, 0.05) is 42.6 Å². The summed E-state index contributed by atoms with van der Waals surface area (Å²) >= 11 is 0. The Hall–Kier alpha value is -1.53. The van der Waals surface area contributed by atoms with E-state index in [1.54, 1.807) is 12.4 Å². The Balaban J connectivity index is 1.51. The molecule has 1 amide bonds. The quantitative estimate of drug-likeness (QED) is 0.871. The molecule has 2 aliphatic heterocycles. The molecule has 2 aliphatic rings. The summed E-state index contributed by atoms with van der Waals surface area (Å²) in [5, 5.41) is 6.77. The third-order valence-electron chi connectivity index (χ3n) is 5.35. The molecular formula is C19H31N5O. The fourth-order valence-corrected chi connectivity index (χ4v) is 4.63. The second kappa shape index (κ2) is 7.00. The van der Waals surface area contributed by atoms with Crippen LogP contribution in [0.4, 0.5) is 0 Å². The van der Waals surface area contributed by atoms with E-state index in [1.165, 1.54) is 19.0 Å².